The van der Waals surface area contributed by atoms with Gasteiger partial charge in [-0.15, -0.1) is 0 Å². The first-order valence-corrected chi connectivity index (χ1v) is 11.6. The van der Waals surface area contributed by atoms with Crippen LogP contribution in [0.1, 0.15) is 104 Å². The van der Waals surface area contributed by atoms with Crippen molar-refractivity contribution in [3.05, 3.63) is 0 Å². The first-order chi connectivity index (χ1) is 14.0. The van der Waals surface area contributed by atoms with E-state index in [9.17, 15) is 9.90 Å². The normalized spacial score (nSPS) is 12.3. The average Bonchev–Trinajstić information content (AvgIpc) is 2.73. The molecule has 0 saturated heterocycles. The molecule has 0 fully saturated rings. The molecule has 5 N–H and O–H groups in total. The van der Waals surface area contributed by atoms with Gasteiger partial charge in [0.05, 0.1) is 37.8 Å². The lowest BCUT2D eigenvalue weighted by Crippen LogP contribution is -2.37. The lowest BCUT2D eigenvalue weighted by molar-refractivity contribution is -0.142. The maximum absolute atomic E-state index is 11.2. The molecule has 0 aromatic rings. The third kappa shape index (κ3) is 17.8. The quantitative estimate of drug-likeness (QED) is 0.201. The van der Waals surface area contributed by atoms with Gasteiger partial charge in [0.15, 0.2) is 0 Å². The fourth-order valence-corrected chi connectivity index (χ4v) is 3.03. The summed E-state index contributed by atoms with van der Waals surface area (Å²) in [7, 11) is 0. The molecule has 0 radical (unpaired) electrons. The standard InChI is InChI=1S/C18H36O2.C5H12O4/c1-3-5-7-9-10-12-14-16-17(18(19)20)15-13-11-8-6-4-2;6-1-5(2-7,3-8)4-9/h17H,3-16H2,1-2H3,(H,19,20);6-9H,1-4H2. The fourth-order valence-electron chi connectivity index (χ4n) is 3.03. The second-order valence-corrected chi connectivity index (χ2v) is 8.28. The van der Waals surface area contributed by atoms with E-state index in [0.29, 0.717) is 0 Å². The molecule has 1 atom stereocenters. The van der Waals surface area contributed by atoms with Crippen LogP contribution < -0.4 is 0 Å². The number of hydrogen-bond acceptors (Lipinski definition) is 5. The summed E-state index contributed by atoms with van der Waals surface area (Å²) in [5.41, 5.74) is -1.11. The van der Waals surface area contributed by atoms with E-state index in [0.717, 1.165) is 25.7 Å². The van der Waals surface area contributed by atoms with Crippen LogP contribution in [0.25, 0.3) is 0 Å². The number of carbonyl (C=O) groups is 1. The molecule has 0 aromatic heterocycles. The third-order valence-corrected chi connectivity index (χ3v) is 5.50. The van der Waals surface area contributed by atoms with Crippen molar-refractivity contribution < 1.29 is 30.3 Å². The Kier molecular flexibility index (Phi) is 23.1. The minimum Gasteiger partial charge on any atom is -0.481 e. The van der Waals surface area contributed by atoms with Crippen LogP contribution in [0.5, 0.6) is 0 Å². The van der Waals surface area contributed by atoms with Gasteiger partial charge in [0.1, 0.15) is 0 Å². The summed E-state index contributed by atoms with van der Waals surface area (Å²) in [6, 6.07) is 0. The van der Waals surface area contributed by atoms with Crippen molar-refractivity contribution in [1.82, 2.24) is 0 Å². The molecule has 0 amide bonds. The van der Waals surface area contributed by atoms with Crippen LogP contribution in [0.15, 0.2) is 0 Å². The molecule has 0 aliphatic heterocycles. The number of unbranched alkanes of at least 4 members (excludes halogenated alkanes) is 10. The molecule has 0 aromatic carbocycles. The summed E-state index contributed by atoms with van der Waals surface area (Å²) in [6.45, 7) is 2.82. The van der Waals surface area contributed by atoms with Gasteiger partial charge >= 0.3 is 5.97 Å². The van der Waals surface area contributed by atoms with Crippen LogP contribution in [-0.2, 0) is 4.79 Å². The number of rotatable bonds is 19. The van der Waals surface area contributed by atoms with E-state index in [-0.39, 0.29) is 5.92 Å². The first kappa shape index (κ1) is 30.5. The smallest absolute Gasteiger partial charge is 0.306 e. The molecule has 0 rings (SSSR count). The van der Waals surface area contributed by atoms with Crippen molar-refractivity contribution in [2.45, 2.75) is 104 Å². The van der Waals surface area contributed by atoms with Gasteiger partial charge in [0, 0.05) is 0 Å². The molecule has 0 saturated carbocycles. The Bertz CT molecular complexity index is 327. The molecule has 6 nitrogen and oxygen atoms in total. The van der Waals surface area contributed by atoms with Gasteiger partial charge in [-0.2, -0.15) is 0 Å². The summed E-state index contributed by atoms with van der Waals surface area (Å²) in [4.78, 5) is 11.2. The Hall–Kier alpha value is -0.690. The highest BCUT2D eigenvalue weighted by Gasteiger charge is 2.26. The lowest BCUT2D eigenvalue weighted by Gasteiger charge is -2.23. The molecule has 0 aliphatic rings. The molecule has 29 heavy (non-hydrogen) atoms. The SMILES string of the molecule is CCCCCCCCCC(CCCCCCC)C(=O)O.OCC(CO)(CO)CO. The lowest BCUT2D eigenvalue weighted by atomic mass is 9.93. The Morgan fingerprint density at radius 2 is 0.931 bits per heavy atom. The molecule has 0 heterocycles. The molecule has 0 bridgehead atoms. The zero-order valence-electron chi connectivity index (χ0n) is 18.9. The highest BCUT2D eigenvalue weighted by molar-refractivity contribution is 5.69. The molecular formula is C23H48O6. The summed E-state index contributed by atoms with van der Waals surface area (Å²) < 4.78 is 0. The average molecular weight is 421 g/mol. The molecule has 1 unspecified atom stereocenters. The van der Waals surface area contributed by atoms with E-state index in [1.807, 2.05) is 0 Å². The van der Waals surface area contributed by atoms with Crippen LogP contribution in [-0.4, -0.2) is 57.9 Å². The zero-order chi connectivity index (χ0) is 22.4. The van der Waals surface area contributed by atoms with Gasteiger partial charge in [-0.25, -0.2) is 0 Å². The monoisotopic (exact) mass is 420 g/mol. The van der Waals surface area contributed by atoms with Gasteiger partial charge in [-0.05, 0) is 12.8 Å². The summed E-state index contributed by atoms with van der Waals surface area (Å²) in [6.07, 6.45) is 16.8. The van der Waals surface area contributed by atoms with E-state index in [1.54, 1.807) is 0 Å². The van der Waals surface area contributed by atoms with Gasteiger partial charge in [-0.3, -0.25) is 4.79 Å². The molecule has 176 valence electrons. The minimum atomic E-state index is -1.11. The number of aliphatic hydroxyl groups is 4. The van der Waals surface area contributed by atoms with Gasteiger partial charge < -0.3 is 25.5 Å². The minimum absolute atomic E-state index is 0.0905. The van der Waals surface area contributed by atoms with Crippen molar-refractivity contribution in [1.29, 1.82) is 0 Å². The van der Waals surface area contributed by atoms with Crippen molar-refractivity contribution in [3.8, 4) is 0 Å². The summed E-state index contributed by atoms with van der Waals surface area (Å²) in [5, 5.41) is 43.2. The Balaban J connectivity index is 0. The Labute approximate surface area is 178 Å². The first-order valence-electron chi connectivity index (χ1n) is 11.6. The van der Waals surface area contributed by atoms with Crippen LogP contribution >= 0.6 is 0 Å². The maximum atomic E-state index is 11.2. The highest BCUT2D eigenvalue weighted by Crippen LogP contribution is 2.19. The predicted octanol–water partition coefficient (Wildman–Crippen LogP) is 4.13. The second kappa shape index (κ2) is 22.0. The Morgan fingerprint density at radius 1 is 0.621 bits per heavy atom. The predicted molar refractivity (Wildman–Crippen MR) is 118 cm³/mol. The third-order valence-electron chi connectivity index (χ3n) is 5.50. The molecular weight excluding hydrogens is 372 g/mol. The van der Waals surface area contributed by atoms with Crippen LogP contribution in [0.3, 0.4) is 0 Å². The van der Waals surface area contributed by atoms with E-state index in [2.05, 4.69) is 13.8 Å². The molecule has 0 spiro atoms. The summed E-state index contributed by atoms with van der Waals surface area (Å²) >= 11 is 0. The summed E-state index contributed by atoms with van der Waals surface area (Å²) in [5.74, 6) is -0.668. The highest BCUT2D eigenvalue weighted by atomic mass is 16.4. The topological polar surface area (TPSA) is 118 Å². The van der Waals surface area contributed by atoms with E-state index >= 15 is 0 Å². The number of aliphatic carboxylic acids is 1. The second-order valence-electron chi connectivity index (χ2n) is 8.28. The number of carboxylic acid groups (broad SMARTS) is 1. The number of aliphatic hydroxyl groups excluding tert-OH is 4. The maximum Gasteiger partial charge on any atom is 0.306 e. The van der Waals surface area contributed by atoms with Crippen LogP contribution in [0, 0.1) is 11.3 Å². The molecule has 0 aliphatic carbocycles. The van der Waals surface area contributed by atoms with Gasteiger partial charge in [0.2, 0.25) is 0 Å². The van der Waals surface area contributed by atoms with Crippen molar-refractivity contribution in [3.63, 3.8) is 0 Å². The van der Waals surface area contributed by atoms with Crippen LogP contribution in [0.2, 0.25) is 0 Å². The largest absolute Gasteiger partial charge is 0.481 e. The van der Waals surface area contributed by atoms with Gasteiger partial charge in [0.25, 0.3) is 0 Å². The molecule has 6 heteroatoms. The fraction of sp³-hybridized carbons (Fsp3) is 0.957. The van der Waals surface area contributed by atoms with Crippen molar-refractivity contribution in [2.75, 3.05) is 26.4 Å². The number of hydrogen-bond donors (Lipinski definition) is 5. The Morgan fingerprint density at radius 3 is 1.17 bits per heavy atom. The van der Waals surface area contributed by atoms with E-state index < -0.39 is 37.8 Å². The van der Waals surface area contributed by atoms with Crippen LogP contribution in [0.4, 0.5) is 0 Å². The van der Waals surface area contributed by atoms with E-state index in [1.165, 1.54) is 64.2 Å². The van der Waals surface area contributed by atoms with Gasteiger partial charge in [-0.1, -0.05) is 90.9 Å². The van der Waals surface area contributed by atoms with Crippen molar-refractivity contribution >= 4 is 5.97 Å². The zero-order valence-corrected chi connectivity index (χ0v) is 18.9. The van der Waals surface area contributed by atoms with E-state index in [4.69, 9.17) is 20.4 Å². The number of carboxylic acids is 1. The van der Waals surface area contributed by atoms with Crippen molar-refractivity contribution in [2.24, 2.45) is 11.3 Å².